The maximum Gasteiger partial charge on any atom is 0.335 e. The van der Waals surface area contributed by atoms with Gasteiger partial charge >= 0.3 is 12.0 Å². The first-order valence-electron chi connectivity index (χ1n) is 5.61. The fourth-order valence-corrected chi connectivity index (χ4v) is 1.32. The number of carbonyl (C=O) groups is 3. The molecule has 1 aromatic rings. The van der Waals surface area contributed by atoms with E-state index in [2.05, 4.69) is 16.0 Å². The number of benzene rings is 1. The van der Waals surface area contributed by atoms with Gasteiger partial charge in [-0.05, 0) is 18.2 Å². The van der Waals surface area contributed by atoms with E-state index in [0.29, 0.717) is 5.69 Å². The number of anilines is 1. The zero-order valence-corrected chi connectivity index (χ0v) is 10.4. The minimum atomic E-state index is -1.07. The number of carboxylic acid groups (broad SMARTS) is 1. The van der Waals surface area contributed by atoms with Gasteiger partial charge in [0.15, 0.2) is 0 Å². The highest BCUT2D eigenvalue weighted by atomic mass is 16.4. The molecule has 0 aliphatic rings. The van der Waals surface area contributed by atoms with Crippen molar-refractivity contribution in [2.24, 2.45) is 0 Å². The van der Waals surface area contributed by atoms with E-state index >= 15 is 0 Å². The molecule has 0 radical (unpaired) electrons. The highest BCUT2D eigenvalue weighted by molar-refractivity contribution is 5.93. The first kappa shape index (κ1) is 14.5. The summed E-state index contributed by atoms with van der Waals surface area (Å²) in [6, 6.07) is 5.39. The van der Waals surface area contributed by atoms with Crippen LogP contribution in [0, 0.1) is 0 Å². The average Bonchev–Trinajstić information content (AvgIpc) is 2.38. The number of carbonyl (C=O) groups excluding carboxylic acids is 2. The van der Waals surface area contributed by atoms with Crippen LogP contribution in [-0.2, 0) is 4.79 Å². The molecule has 1 aromatic carbocycles. The lowest BCUT2D eigenvalue weighted by Gasteiger charge is -2.07. The molecule has 0 atom stereocenters. The van der Waals surface area contributed by atoms with Gasteiger partial charge in [-0.15, -0.1) is 0 Å². The topological polar surface area (TPSA) is 108 Å². The van der Waals surface area contributed by atoms with E-state index in [1.165, 1.54) is 25.2 Å². The third kappa shape index (κ3) is 5.07. The molecule has 0 spiro atoms. The maximum absolute atomic E-state index is 11.5. The second-order valence-electron chi connectivity index (χ2n) is 3.69. The van der Waals surface area contributed by atoms with Gasteiger partial charge < -0.3 is 21.1 Å². The van der Waals surface area contributed by atoms with Crippen molar-refractivity contribution in [2.75, 3.05) is 18.9 Å². The summed E-state index contributed by atoms with van der Waals surface area (Å²) >= 11 is 0. The summed E-state index contributed by atoms with van der Waals surface area (Å²) in [5.41, 5.74) is 0.459. The largest absolute Gasteiger partial charge is 0.478 e. The summed E-state index contributed by atoms with van der Waals surface area (Å²) in [7, 11) is 1.51. The summed E-state index contributed by atoms with van der Waals surface area (Å²) in [6.07, 6.45) is 0.180. The predicted octanol–water partition coefficient (Wildman–Crippen LogP) is 0.642. The molecule has 0 bridgehead atoms. The third-order valence-electron chi connectivity index (χ3n) is 2.28. The number of carboxylic acids is 1. The van der Waals surface area contributed by atoms with E-state index in [-0.39, 0.29) is 24.4 Å². The monoisotopic (exact) mass is 265 g/mol. The van der Waals surface area contributed by atoms with Crippen molar-refractivity contribution in [1.82, 2.24) is 10.6 Å². The molecule has 19 heavy (non-hydrogen) atoms. The van der Waals surface area contributed by atoms with Crippen LogP contribution in [0.2, 0.25) is 0 Å². The van der Waals surface area contributed by atoms with E-state index in [1.54, 1.807) is 6.07 Å². The molecule has 102 valence electrons. The van der Waals surface area contributed by atoms with E-state index in [9.17, 15) is 14.4 Å². The molecule has 0 aliphatic heterocycles. The molecular weight excluding hydrogens is 250 g/mol. The van der Waals surface area contributed by atoms with Crippen molar-refractivity contribution in [3.63, 3.8) is 0 Å². The van der Waals surface area contributed by atoms with Gasteiger partial charge in [0.2, 0.25) is 5.91 Å². The Kier molecular flexibility index (Phi) is 5.34. The Morgan fingerprint density at radius 2 is 2.00 bits per heavy atom. The summed E-state index contributed by atoms with van der Waals surface area (Å²) in [4.78, 5) is 33.1. The molecule has 3 amide bonds. The molecular formula is C12H15N3O4. The van der Waals surface area contributed by atoms with Gasteiger partial charge in [0.1, 0.15) is 0 Å². The van der Waals surface area contributed by atoms with E-state index in [1.807, 2.05) is 0 Å². The normalized spacial score (nSPS) is 9.53. The van der Waals surface area contributed by atoms with Gasteiger partial charge in [-0.2, -0.15) is 0 Å². The molecule has 0 aliphatic carbocycles. The van der Waals surface area contributed by atoms with Crippen LogP contribution >= 0.6 is 0 Å². The van der Waals surface area contributed by atoms with Crippen LogP contribution in [0.15, 0.2) is 24.3 Å². The number of amides is 3. The second-order valence-corrected chi connectivity index (χ2v) is 3.69. The van der Waals surface area contributed by atoms with Gasteiger partial charge in [0.05, 0.1) is 5.56 Å². The van der Waals surface area contributed by atoms with Gasteiger partial charge in [-0.1, -0.05) is 6.07 Å². The number of aromatic carboxylic acids is 1. The van der Waals surface area contributed by atoms with Crippen molar-refractivity contribution in [3.05, 3.63) is 29.8 Å². The van der Waals surface area contributed by atoms with Crippen LogP contribution < -0.4 is 16.0 Å². The Balaban J connectivity index is 2.46. The number of nitrogens with one attached hydrogen (secondary N) is 3. The number of rotatable bonds is 5. The summed E-state index contributed by atoms with van der Waals surface area (Å²) < 4.78 is 0. The van der Waals surface area contributed by atoms with Crippen LogP contribution in [0.3, 0.4) is 0 Å². The van der Waals surface area contributed by atoms with Crippen molar-refractivity contribution in [3.8, 4) is 0 Å². The summed E-state index contributed by atoms with van der Waals surface area (Å²) in [5, 5.41) is 16.2. The van der Waals surface area contributed by atoms with Gasteiger partial charge in [0.25, 0.3) is 0 Å². The van der Waals surface area contributed by atoms with Crippen LogP contribution in [0.1, 0.15) is 16.8 Å². The van der Waals surface area contributed by atoms with E-state index in [0.717, 1.165) is 0 Å². The van der Waals surface area contributed by atoms with Crippen LogP contribution in [0.25, 0.3) is 0 Å². The van der Waals surface area contributed by atoms with Crippen molar-refractivity contribution < 1.29 is 19.5 Å². The molecule has 7 heteroatoms. The third-order valence-corrected chi connectivity index (χ3v) is 2.28. The van der Waals surface area contributed by atoms with Crippen molar-refractivity contribution in [2.45, 2.75) is 6.42 Å². The maximum atomic E-state index is 11.5. The van der Waals surface area contributed by atoms with Crippen LogP contribution in [-0.4, -0.2) is 36.6 Å². The fraction of sp³-hybridized carbons (Fsp3) is 0.250. The van der Waals surface area contributed by atoms with Crippen LogP contribution in [0.4, 0.5) is 10.5 Å². The Morgan fingerprint density at radius 3 is 2.63 bits per heavy atom. The molecule has 0 aromatic heterocycles. The minimum Gasteiger partial charge on any atom is -0.478 e. The van der Waals surface area contributed by atoms with Crippen molar-refractivity contribution >= 4 is 23.6 Å². The van der Waals surface area contributed by atoms with Gasteiger partial charge in [-0.25, -0.2) is 9.59 Å². The van der Waals surface area contributed by atoms with Crippen LogP contribution in [0.5, 0.6) is 0 Å². The standard InChI is InChI=1S/C12H15N3O4/c1-13-10(16)5-6-14-12(19)15-9-4-2-3-8(7-9)11(17)18/h2-4,7H,5-6H2,1H3,(H,13,16)(H,17,18)(H2,14,15,19). The first-order valence-corrected chi connectivity index (χ1v) is 5.61. The molecule has 0 unspecified atom stereocenters. The first-order chi connectivity index (χ1) is 9.02. The quantitative estimate of drug-likeness (QED) is 0.626. The second kappa shape index (κ2) is 7.00. The Bertz CT molecular complexity index is 488. The number of hydrogen-bond acceptors (Lipinski definition) is 3. The average molecular weight is 265 g/mol. The molecule has 7 nitrogen and oxygen atoms in total. The molecule has 1 rings (SSSR count). The zero-order chi connectivity index (χ0) is 14.3. The highest BCUT2D eigenvalue weighted by Crippen LogP contribution is 2.10. The molecule has 0 heterocycles. The molecule has 4 N–H and O–H groups in total. The van der Waals surface area contributed by atoms with E-state index < -0.39 is 12.0 Å². The number of urea groups is 1. The predicted molar refractivity (Wildman–Crippen MR) is 69.1 cm³/mol. The Morgan fingerprint density at radius 1 is 1.26 bits per heavy atom. The molecule has 0 fully saturated rings. The Labute approximate surface area is 110 Å². The molecule has 0 saturated heterocycles. The smallest absolute Gasteiger partial charge is 0.335 e. The number of hydrogen-bond donors (Lipinski definition) is 4. The Hall–Kier alpha value is -2.57. The fourth-order valence-electron chi connectivity index (χ4n) is 1.32. The zero-order valence-electron chi connectivity index (χ0n) is 10.4. The van der Waals surface area contributed by atoms with Gasteiger partial charge in [-0.3, -0.25) is 4.79 Å². The lowest BCUT2D eigenvalue weighted by atomic mass is 10.2. The highest BCUT2D eigenvalue weighted by Gasteiger charge is 2.06. The SMILES string of the molecule is CNC(=O)CCNC(=O)Nc1cccc(C(=O)O)c1. The van der Waals surface area contributed by atoms with Gasteiger partial charge in [0, 0.05) is 25.7 Å². The molecule has 0 saturated carbocycles. The van der Waals surface area contributed by atoms with E-state index in [4.69, 9.17) is 5.11 Å². The van der Waals surface area contributed by atoms with Crippen molar-refractivity contribution in [1.29, 1.82) is 0 Å². The lowest BCUT2D eigenvalue weighted by Crippen LogP contribution is -2.32. The minimum absolute atomic E-state index is 0.0863. The summed E-state index contributed by atoms with van der Waals surface area (Å²) in [5.74, 6) is -1.24. The lowest BCUT2D eigenvalue weighted by molar-refractivity contribution is -0.120. The summed E-state index contributed by atoms with van der Waals surface area (Å²) in [6.45, 7) is 0.199.